The number of nitrogens with one attached hydrogen (secondary N) is 1. The highest BCUT2D eigenvalue weighted by Crippen LogP contribution is 2.03. The highest BCUT2D eigenvalue weighted by molar-refractivity contribution is 5.72. The first kappa shape index (κ1) is 24.2. The molecule has 0 spiro atoms. The molecule has 0 saturated carbocycles. The van der Waals surface area contributed by atoms with Crippen LogP contribution < -0.4 is 5.32 Å². The molecule has 0 rings (SSSR count). The lowest BCUT2D eigenvalue weighted by Crippen LogP contribution is -2.48. The van der Waals surface area contributed by atoms with E-state index in [0.717, 1.165) is 4.90 Å². The molecule has 11 nitrogen and oxygen atoms in total. The van der Waals surface area contributed by atoms with Gasteiger partial charge >= 0.3 is 17.9 Å². The highest BCUT2D eigenvalue weighted by atomic mass is 16.4. The van der Waals surface area contributed by atoms with Gasteiger partial charge in [-0.15, -0.1) is 0 Å². The summed E-state index contributed by atoms with van der Waals surface area (Å²) in [5.41, 5.74) is 0. The Bertz CT molecular complexity index is 308. The monoisotopic (exact) mass is 314 g/mol. The van der Waals surface area contributed by atoms with Gasteiger partial charge in [0, 0.05) is 19.2 Å². The Morgan fingerprint density at radius 3 is 1.76 bits per heavy atom. The van der Waals surface area contributed by atoms with Gasteiger partial charge in [-0.1, -0.05) is 0 Å². The fourth-order valence-corrected chi connectivity index (χ4v) is 1.57. The van der Waals surface area contributed by atoms with E-state index in [4.69, 9.17) is 20.4 Å². The molecule has 0 saturated heterocycles. The van der Waals surface area contributed by atoms with Gasteiger partial charge in [-0.2, -0.15) is 0 Å². The SMILES string of the molecule is O.O.O=C(O)CNCC(CCO)N(CC(=O)O)CC(=O)O. The average Bonchev–Trinajstić information content (AvgIpc) is 2.25. The van der Waals surface area contributed by atoms with Crippen LogP contribution in [0.4, 0.5) is 0 Å². The second kappa shape index (κ2) is 13.2. The topological polar surface area (TPSA) is 210 Å². The number of carboxylic acid groups (broad SMARTS) is 3. The van der Waals surface area contributed by atoms with E-state index in [1.54, 1.807) is 0 Å². The number of aliphatic hydroxyl groups excluding tert-OH is 1. The lowest BCUT2D eigenvalue weighted by atomic mass is 10.1. The van der Waals surface area contributed by atoms with Crippen molar-refractivity contribution in [1.29, 1.82) is 0 Å². The summed E-state index contributed by atoms with van der Waals surface area (Å²) in [5.74, 6) is -3.46. The van der Waals surface area contributed by atoms with Crippen LogP contribution in [0.15, 0.2) is 0 Å². The predicted molar refractivity (Wildman–Crippen MR) is 70.1 cm³/mol. The molecule has 0 radical (unpaired) electrons. The van der Waals surface area contributed by atoms with Crippen molar-refractivity contribution < 1.29 is 45.8 Å². The van der Waals surface area contributed by atoms with Gasteiger partial charge in [0.25, 0.3) is 0 Å². The van der Waals surface area contributed by atoms with E-state index in [1.807, 2.05) is 0 Å². The molecule has 0 aromatic heterocycles. The molecule has 9 N–H and O–H groups in total. The molecule has 0 aliphatic rings. The van der Waals surface area contributed by atoms with Crippen LogP contribution in [0.2, 0.25) is 0 Å². The van der Waals surface area contributed by atoms with Gasteiger partial charge in [-0.3, -0.25) is 19.3 Å². The summed E-state index contributed by atoms with van der Waals surface area (Å²) in [6.45, 7) is -1.49. The molecule has 21 heavy (non-hydrogen) atoms. The Hall–Kier alpha value is -1.79. The summed E-state index contributed by atoms with van der Waals surface area (Å²) in [5, 5.41) is 37.4. The number of rotatable bonds is 11. The second-order valence-corrected chi connectivity index (χ2v) is 3.88. The fraction of sp³-hybridized carbons (Fsp3) is 0.700. The van der Waals surface area contributed by atoms with Crippen molar-refractivity contribution in [2.75, 3.05) is 32.8 Å². The minimum absolute atomic E-state index is 0. The third-order valence-corrected chi connectivity index (χ3v) is 2.31. The Balaban J connectivity index is -0.00000162. The smallest absolute Gasteiger partial charge is 0.317 e. The third kappa shape index (κ3) is 13.0. The maximum atomic E-state index is 10.7. The molecule has 0 aliphatic carbocycles. The van der Waals surface area contributed by atoms with E-state index < -0.39 is 37.0 Å². The molecule has 11 heteroatoms. The van der Waals surface area contributed by atoms with Gasteiger partial charge in [0.05, 0.1) is 19.6 Å². The standard InChI is InChI=1S/C10H18N2O7.2H2O/c13-2-1-7(3-11-4-8(14)15)12(5-9(16)17)6-10(18)19;;/h7,11,13H,1-6H2,(H,14,15)(H,16,17)(H,18,19);2*1H2. The number of hydrogen-bond donors (Lipinski definition) is 5. The molecule has 0 aromatic carbocycles. The van der Waals surface area contributed by atoms with Crippen molar-refractivity contribution in [2.24, 2.45) is 0 Å². The van der Waals surface area contributed by atoms with Crippen LogP contribution in [0.5, 0.6) is 0 Å². The number of aliphatic hydroxyl groups is 1. The van der Waals surface area contributed by atoms with E-state index >= 15 is 0 Å². The quantitative estimate of drug-likeness (QED) is 0.253. The summed E-state index contributed by atoms with van der Waals surface area (Å²) in [6, 6.07) is -0.573. The summed E-state index contributed by atoms with van der Waals surface area (Å²) >= 11 is 0. The van der Waals surface area contributed by atoms with Crippen LogP contribution in [0.25, 0.3) is 0 Å². The Kier molecular flexibility index (Phi) is 15.2. The Morgan fingerprint density at radius 1 is 0.952 bits per heavy atom. The lowest BCUT2D eigenvalue weighted by molar-refractivity contribution is -0.143. The predicted octanol–water partition coefficient (Wildman–Crippen LogP) is -3.77. The molecule has 0 aliphatic heterocycles. The van der Waals surface area contributed by atoms with Crippen LogP contribution in [0.3, 0.4) is 0 Å². The van der Waals surface area contributed by atoms with Gasteiger partial charge < -0.3 is 36.7 Å². The average molecular weight is 314 g/mol. The molecule has 0 aromatic rings. The first-order valence-corrected chi connectivity index (χ1v) is 5.57. The van der Waals surface area contributed by atoms with Crippen molar-refractivity contribution in [3.05, 3.63) is 0 Å². The number of carbonyl (C=O) groups is 3. The largest absolute Gasteiger partial charge is 0.480 e. The van der Waals surface area contributed by atoms with E-state index in [1.165, 1.54) is 0 Å². The molecule has 0 amide bonds. The van der Waals surface area contributed by atoms with Gasteiger partial charge in [0.15, 0.2) is 0 Å². The number of nitrogens with zero attached hydrogens (tertiary/aromatic N) is 1. The normalized spacial score (nSPS) is 11.1. The van der Waals surface area contributed by atoms with Crippen molar-refractivity contribution in [2.45, 2.75) is 12.5 Å². The molecular formula is C10H22N2O9. The molecule has 1 atom stereocenters. The van der Waals surface area contributed by atoms with Gasteiger partial charge in [-0.05, 0) is 6.42 Å². The molecule has 0 heterocycles. The molecule has 0 bridgehead atoms. The van der Waals surface area contributed by atoms with Gasteiger partial charge in [0.1, 0.15) is 0 Å². The maximum Gasteiger partial charge on any atom is 0.317 e. The zero-order valence-electron chi connectivity index (χ0n) is 11.3. The molecule has 126 valence electrons. The van der Waals surface area contributed by atoms with Crippen LogP contribution in [0, 0.1) is 0 Å². The third-order valence-electron chi connectivity index (χ3n) is 2.31. The van der Waals surface area contributed by atoms with Crippen LogP contribution >= 0.6 is 0 Å². The van der Waals surface area contributed by atoms with E-state index in [-0.39, 0.29) is 37.1 Å². The first-order valence-electron chi connectivity index (χ1n) is 5.57. The fourth-order valence-electron chi connectivity index (χ4n) is 1.57. The van der Waals surface area contributed by atoms with Crippen LogP contribution in [-0.4, -0.2) is 93.0 Å². The summed E-state index contributed by atoms with van der Waals surface area (Å²) < 4.78 is 0. The zero-order chi connectivity index (χ0) is 14.8. The number of hydrogen-bond acceptors (Lipinski definition) is 6. The lowest BCUT2D eigenvalue weighted by Gasteiger charge is -2.28. The van der Waals surface area contributed by atoms with Crippen LogP contribution in [-0.2, 0) is 14.4 Å². The number of carboxylic acids is 3. The van der Waals surface area contributed by atoms with E-state index in [0.29, 0.717) is 0 Å². The molecule has 1 unspecified atom stereocenters. The van der Waals surface area contributed by atoms with Crippen molar-refractivity contribution in [3.63, 3.8) is 0 Å². The van der Waals surface area contributed by atoms with Crippen molar-refractivity contribution in [3.8, 4) is 0 Å². The minimum atomic E-state index is -1.19. The van der Waals surface area contributed by atoms with Gasteiger partial charge in [0.2, 0.25) is 0 Å². The first-order chi connectivity index (χ1) is 8.86. The Labute approximate surface area is 120 Å². The summed E-state index contributed by atoms with van der Waals surface area (Å²) in [7, 11) is 0. The summed E-state index contributed by atoms with van der Waals surface area (Å²) in [4.78, 5) is 32.9. The van der Waals surface area contributed by atoms with E-state index in [2.05, 4.69) is 5.32 Å². The van der Waals surface area contributed by atoms with Crippen molar-refractivity contribution >= 4 is 17.9 Å². The Morgan fingerprint density at radius 2 is 1.43 bits per heavy atom. The summed E-state index contributed by atoms with van der Waals surface area (Å²) in [6.07, 6.45) is 0.146. The highest BCUT2D eigenvalue weighted by Gasteiger charge is 2.22. The second-order valence-electron chi connectivity index (χ2n) is 3.88. The van der Waals surface area contributed by atoms with Crippen molar-refractivity contribution in [1.82, 2.24) is 10.2 Å². The van der Waals surface area contributed by atoms with Gasteiger partial charge in [-0.25, -0.2) is 0 Å². The van der Waals surface area contributed by atoms with E-state index in [9.17, 15) is 14.4 Å². The maximum absolute atomic E-state index is 10.7. The molecular weight excluding hydrogens is 292 g/mol. The minimum Gasteiger partial charge on any atom is -0.480 e. The van der Waals surface area contributed by atoms with Crippen LogP contribution in [0.1, 0.15) is 6.42 Å². The number of aliphatic carboxylic acids is 3. The molecule has 0 fully saturated rings. The zero-order valence-corrected chi connectivity index (χ0v) is 11.3.